The predicted molar refractivity (Wildman–Crippen MR) is 88.8 cm³/mol. The Morgan fingerprint density at radius 3 is 2.52 bits per heavy atom. The van der Waals surface area contributed by atoms with Crippen molar-refractivity contribution in [2.24, 2.45) is 5.73 Å². The van der Waals surface area contributed by atoms with Gasteiger partial charge in [0.05, 0.1) is 12.5 Å². The second kappa shape index (κ2) is 8.84. The highest BCUT2D eigenvalue weighted by molar-refractivity contribution is 5.85. The smallest absolute Gasteiger partial charge is 0.239 e. The van der Waals surface area contributed by atoms with Crippen molar-refractivity contribution < 1.29 is 14.0 Å². The Labute approximate surface area is 142 Å². The molecule has 1 fully saturated rings. The van der Waals surface area contributed by atoms with Crippen molar-refractivity contribution in [3.8, 4) is 0 Å². The molecule has 0 unspecified atom stereocenters. The zero-order chi connectivity index (χ0) is 16.1. The maximum absolute atomic E-state index is 13.2. The molecule has 2 rings (SSSR count). The van der Waals surface area contributed by atoms with Gasteiger partial charge in [-0.05, 0) is 31.0 Å². The van der Waals surface area contributed by atoms with E-state index in [0.717, 1.165) is 6.42 Å². The van der Waals surface area contributed by atoms with E-state index in [-0.39, 0.29) is 36.5 Å². The van der Waals surface area contributed by atoms with E-state index in [9.17, 15) is 14.0 Å². The molecule has 0 radical (unpaired) electrons. The maximum atomic E-state index is 13.2. The minimum atomic E-state index is -0.519. The first kappa shape index (κ1) is 19.4. The first-order valence-corrected chi connectivity index (χ1v) is 7.54. The largest absolute Gasteiger partial charge is 0.341 e. The maximum Gasteiger partial charge on any atom is 0.239 e. The van der Waals surface area contributed by atoms with Crippen LogP contribution in [0.1, 0.15) is 18.9 Å². The van der Waals surface area contributed by atoms with Gasteiger partial charge in [-0.25, -0.2) is 4.39 Å². The van der Waals surface area contributed by atoms with E-state index in [1.807, 2.05) is 0 Å². The summed E-state index contributed by atoms with van der Waals surface area (Å²) in [5.74, 6) is -0.463. The third-order valence-electron chi connectivity index (χ3n) is 3.79. The lowest BCUT2D eigenvalue weighted by molar-refractivity contribution is -0.133. The van der Waals surface area contributed by atoms with Gasteiger partial charge in [0.1, 0.15) is 5.82 Å². The van der Waals surface area contributed by atoms with Crippen LogP contribution in [0.5, 0.6) is 0 Å². The molecular formula is C16H23ClFN3O2. The van der Waals surface area contributed by atoms with Crippen LogP contribution in [0, 0.1) is 5.82 Å². The van der Waals surface area contributed by atoms with Crippen molar-refractivity contribution in [3.05, 3.63) is 35.6 Å². The number of nitrogens with two attached hydrogens (primary N) is 1. The molecule has 1 aliphatic heterocycles. The molecule has 128 valence electrons. The molecule has 1 saturated heterocycles. The molecule has 1 aromatic rings. The number of benzene rings is 1. The Kier molecular flexibility index (Phi) is 7.45. The van der Waals surface area contributed by atoms with Crippen LogP contribution in [-0.2, 0) is 16.0 Å². The molecule has 2 N–H and O–H groups in total. The second-order valence-corrected chi connectivity index (χ2v) is 5.65. The fourth-order valence-corrected chi connectivity index (χ4v) is 2.61. The number of hydrogen-bond acceptors (Lipinski definition) is 3. The molecular weight excluding hydrogens is 321 g/mol. The van der Waals surface area contributed by atoms with Gasteiger partial charge in [0, 0.05) is 26.2 Å². The number of carbonyl (C=O) groups is 2. The van der Waals surface area contributed by atoms with Crippen LogP contribution in [0.3, 0.4) is 0 Å². The van der Waals surface area contributed by atoms with Crippen molar-refractivity contribution in [3.63, 3.8) is 0 Å². The second-order valence-electron chi connectivity index (χ2n) is 5.65. The van der Waals surface area contributed by atoms with Crippen molar-refractivity contribution in [2.45, 2.75) is 25.8 Å². The van der Waals surface area contributed by atoms with Gasteiger partial charge in [0.15, 0.2) is 0 Å². The Hall–Kier alpha value is -1.66. The Morgan fingerprint density at radius 2 is 1.87 bits per heavy atom. The molecule has 0 bridgehead atoms. The van der Waals surface area contributed by atoms with Crippen LogP contribution in [0.2, 0.25) is 0 Å². The number of carbonyl (C=O) groups excluding carboxylic acids is 2. The van der Waals surface area contributed by atoms with E-state index >= 15 is 0 Å². The van der Waals surface area contributed by atoms with Crippen LogP contribution in [0.25, 0.3) is 0 Å². The lowest BCUT2D eigenvalue weighted by Gasteiger charge is -2.23. The minimum Gasteiger partial charge on any atom is -0.341 e. The number of amides is 2. The highest BCUT2D eigenvalue weighted by atomic mass is 35.5. The van der Waals surface area contributed by atoms with Gasteiger partial charge >= 0.3 is 0 Å². The highest BCUT2D eigenvalue weighted by Crippen LogP contribution is 2.09. The van der Waals surface area contributed by atoms with Crippen LogP contribution < -0.4 is 5.73 Å². The zero-order valence-corrected chi connectivity index (χ0v) is 14.0. The molecule has 2 amide bonds. The Morgan fingerprint density at radius 1 is 1.22 bits per heavy atom. The summed E-state index contributed by atoms with van der Waals surface area (Å²) >= 11 is 0. The summed E-state index contributed by atoms with van der Waals surface area (Å²) in [6.07, 6.45) is 0.909. The normalized spacial score (nSPS) is 16.3. The van der Waals surface area contributed by atoms with Crippen LogP contribution in [0.15, 0.2) is 24.3 Å². The summed E-state index contributed by atoms with van der Waals surface area (Å²) in [4.78, 5) is 27.7. The average molecular weight is 344 g/mol. The van der Waals surface area contributed by atoms with Gasteiger partial charge in [0.25, 0.3) is 0 Å². The average Bonchev–Trinajstić information content (AvgIpc) is 2.72. The van der Waals surface area contributed by atoms with Gasteiger partial charge in [-0.3, -0.25) is 9.59 Å². The summed E-state index contributed by atoms with van der Waals surface area (Å²) < 4.78 is 13.2. The zero-order valence-electron chi connectivity index (χ0n) is 13.2. The van der Waals surface area contributed by atoms with Gasteiger partial charge in [-0.15, -0.1) is 12.4 Å². The van der Waals surface area contributed by atoms with Crippen LogP contribution >= 0.6 is 12.4 Å². The van der Waals surface area contributed by atoms with Crippen molar-refractivity contribution in [2.75, 3.05) is 26.2 Å². The third-order valence-corrected chi connectivity index (χ3v) is 3.79. The molecule has 1 atom stereocenters. The topological polar surface area (TPSA) is 66.6 Å². The van der Waals surface area contributed by atoms with Gasteiger partial charge < -0.3 is 15.5 Å². The molecule has 0 aliphatic carbocycles. The summed E-state index contributed by atoms with van der Waals surface area (Å²) in [6.45, 7) is 3.88. The summed E-state index contributed by atoms with van der Waals surface area (Å²) in [5, 5.41) is 0. The highest BCUT2D eigenvalue weighted by Gasteiger charge is 2.23. The summed E-state index contributed by atoms with van der Waals surface area (Å²) in [5.41, 5.74) is 6.29. The lowest BCUT2D eigenvalue weighted by atomic mass is 10.1. The predicted octanol–water partition coefficient (Wildman–Crippen LogP) is 1.20. The summed E-state index contributed by atoms with van der Waals surface area (Å²) in [7, 11) is 0. The Bertz CT molecular complexity index is 554. The number of halogens is 2. The van der Waals surface area contributed by atoms with Gasteiger partial charge in [-0.2, -0.15) is 0 Å². The molecule has 7 heteroatoms. The molecule has 0 spiro atoms. The van der Waals surface area contributed by atoms with Crippen molar-refractivity contribution in [1.82, 2.24) is 9.80 Å². The molecule has 0 saturated carbocycles. The monoisotopic (exact) mass is 343 g/mol. The first-order valence-electron chi connectivity index (χ1n) is 7.54. The third kappa shape index (κ3) is 5.48. The molecule has 1 heterocycles. The van der Waals surface area contributed by atoms with E-state index in [0.29, 0.717) is 31.7 Å². The fraction of sp³-hybridized carbons (Fsp3) is 0.500. The van der Waals surface area contributed by atoms with E-state index in [4.69, 9.17) is 5.73 Å². The molecule has 1 aliphatic rings. The quantitative estimate of drug-likeness (QED) is 0.896. The van der Waals surface area contributed by atoms with E-state index in [1.54, 1.807) is 28.9 Å². The molecule has 1 aromatic carbocycles. The van der Waals surface area contributed by atoms with Gasteiger partial charge in [-0.1, -0.05) is 12.1 Å². The molecule has 5 nitrogen and oxygen atoms in total. The fourth-order valence-electron chi connectivity index (χ4n) is 2.61. The van der Waals surface area contributed by atoms with E-state index < -0.39 is 6.04 Å². The minimum absolute atomic E-state index is 0. The summed E-state index contributed by atoms with van der Waals surface area (Å²) in [6, 6.07) is 5.56. The lowest BCUT2D eigenvalue weighted by Crippen LogP contribution is -2.44. The molecule has 0 aromatic heterocycles. The van der Waals surface area contributed by atoms with Crippen LogP contribution in [0.4, 0.5) is 4.39 Å². The van der Waals surface area contributed by atoms with Crippen LogP contribution in [-0.4, -0.2) is 53.8 Å². The van der Waals surface area contributed by atoms with E-state index in [2.05, 4.69) is 0 Å². The standard InChI is InChI=1S/C16H22FN3O2.ClH/c1-12(18)16(22)20-7-3-6-19(8-9-20)15(21)11-13-4-2-5-14(17)10-13;/h2,4-5,10,12H,3,6-9,11,18H2,1H3;1H/t12-;/m1./s1. The van der Waals surface area contributed by atoms with Crippen molar-refractivity contribution >= 4 is 24.2 Å². The Balaban J connectivity index is 0.00000264. The number of nitrogens with zero attached hydrogens (tertiary/aromatic N) is 2. The van der Waals surface area contributed by atoms with Gasteiger partial charge in [0.2, 0.25) is 11.8 Å². The van der Waals surface area contributed by atoms with E-state index in [1.165, 1.54) is 12.1 Å². The number of rotatable bonds is 3. The molecule has 23 heavy (non-hydrogen) atoms. The SMILES string of the molecule is C[C@@H](N)C(=O)N1CCCN(C(=O)Cc2cccc(F)c2)CC1.Cl. The number of hydrogen-bond donors (Lipinski definition) is 1. The van der Waals surface area contributed by atoms with Crippen molar-refractivity contribution in [1.29, 1.82) is 0 Å². The first-order chi connectivity index (χ1) is 10.5.